The molecule has 94 valence electrons. The molecule has 1 rings (SSSR count). The van der Waals surface area contributed by atoms with Crippen LogP contribution in [0.15, 0.2) is 27.5 Å². The maximum Gasteiger partial charge on any atom is 0.220 e. The van der Waals surface area contributed by atoms with Crippen LogP contribution in [-0.2, 0) is 4.79 Å². The van der Waals surface area contributed by atoms with Crippen LogP contribution in [0.3, 0.4) is 0 Å². The summed E-state index contributed by atoms with van der Waals surface area (Å²) < 4.78 is 4.03. The summed E-state index contributed by atoms with van der Waals surface area (Å²) in [6.07, 6.45) is 8.31. The molecule has 0 bridgehead atoms. The fourth-order valence-corrected chi connectivity index (χ4v) is 1.93. The Labute approximate surface area is 108 Å². The Morgan fingerprint density at radius 2 is 2.35 bits per heavy atom. The van der Waals surface area contributed by atoms with Crippen molar-refractivity contribution in [3.8, 4) is 0 Å². The average molecular weight is 252 g/mol. The standard InChI is InChI=1S/C13H20N2OS/c1-11(2)5-3-7-13(16)14-9-12-6-4-8-15-17-10-12/h4,6,8,10-11H,3,5,7,9H2,1-2H3,(H,14,16). The first-order valence-corrected chi connectivity index (χ1v) is 6.83. The summed E-state index contributed by atoms with van der Waals surface area (Å²) >= 11 is 1.39. The molecule has 0 aromatic carbocycles. The molecule has 1 aliphatic heterocycles. The van der Waals surface area contributed by atoms with E-state index in [2.05, 4.69) is 23.6 Å². The minimum atomic E-state index is 0.134. The third-order valence-corrected chi connectivity index (χ3v) is 3.05. The van der Waals surface area contributed by atoms with Gasteiger partial charge in [-0.25, -0.2) is 4.40 Å². The van der Waals surface area contributed by atoms with Gasteiger partial charge in [-0.3, -0.25) is 4.79 Å². The SMILES string of the molecule is CC(C)CCCC(=O)NCC1=CSN=CC=C1. The highest BCUT2D eigenvalue weighted by Gasteiger charge is 2.03. The van der Waals surface area contributed by atoms with Gasteiger partial charge in [-0.1, -0.05) is 26.3 Å². The van der Waals surface area contributed by atoms with E-state index < -0.39 is 0 Å². The van der Waals surface area contributed by atoms with Gasteiger partial charge in [0, 0.05) is 31.1 Å². The van der Waals surface area contributed by atoms with Crippen LogP contribution < -0.4 is 5.32 Å². The highest BCUT2D eigenvalue weighted by Crippen LogP contribution is 2.11. The van der Waals surface area contributed by atoms with Crippen LogP contribution in [-0.4, -0.2) is 18.7 Å². The maximum absolute atomic E-state index is 11.6. The van der Waals surface area contributed by atoms with Crippen molar-refractivity contribution in [2.75, 3.05) is 6.54 Å². The van der Waals surface area contributed by atoms with Crippen LogP contribution >= 0.6 is 11.9 Å². The molecular weight excluding hydrogens is 232 g/mol. The second-order valence-electron chi connectivity index (χ2n) is 4.47. The van der Waals surface area contributed by atoms with Crippen molar-refractivity contribution in [3.63, 3.8) is 0 Å². The van der Waals surface area contributed by atoms with Crippen LogP contribution in [0.25, 0.3) is 0 Å². The van der Waals surface area contributed by atoms with Crippen molar-refractivity contribution in [1.82, 2.24) is 5.32 Å². The monoisotopic (exact) mass is 252 g/mol. The largest absolute Gasteiger partial charge is 0.352 e. The van der Waals surface area contributed by atoms with E-state index in [-0.39, 0.29) is 5.91 Å². The third-order valence-electron chi connectivity index (χ3n) is 2.40. The average Bonchev–Trinajstić information content (AvgIpc) is 2.54. The number of allylic oxidation sites excluding steroid dienone is 1. The highest BCUT2D eigenvalue weighted by molar-refractivity contribution is 8.01. The number of hydrogen-bond acceptors (Lipinski definition) is 3. The zero-order valence-electron chi connectivity index (χ0n) is 10.5. The van der Waals surface area contributed by atoms with Gasteiger partial charge >= 0.3 is 0 Å². The van der Waals surface area contributed by atoms with Gasteiger partial charge in [0.05, 0.1) is 0 Å². The fourth-order valence-electron chi connectivity index (χ4n) is 1.43. The van der Waals surface area contributed by atoms with Gasteiger partial charge in [-0.15, -0.1) is 0 Å². The molecule has 0 saturated heterocycles. The van der Waals surface area contributed by atoms with Crippen molar-refractivity contribution in [1.29, 1.82) is 0 Å². The summed E-state index contributed by atoms with van der Waals surface area (Å²) in [7, 11) is 0. The van der Waals surface area contributed by atoms with E-state index in [1.54, 1.807) is 6.21 Å². The topological polar surface area (TPSA) is 41.5 Å². The van der Waals surface area contributed by atoms with Gasteiger partial charge in [0.1, 0.15) is 0 Å². The molecule has 0 aromatic rings. The van der Waals surface area contributed by atoms with Crippen LogP contribution in [0.2, 0.25) is 0 Å². The molecule has 0 aliphatic carbocycles. The first kappa shape index (κ1) is 14.0. The summed E-state index contributed by atoms with van der Waals surface area (Å²) in [5.74, 6) is 0.805. The van der Waals surface area contributed by atoms with Gasteiger partial charge < -0.3 is 5.32 Å². The molecule has 0 aromatic heterocycles. The highest BCUT2D eigenvalue weighted by atomic mass is 32.2. The Bertz CT molecular complexity index is 332. The van der Waals surface area contributed by atoms with Gasteiger partial charge in [0.25, 0.3) is 0 Å². The van der Waals surface area contributed by atoms with Crippen LogP contribution in [0.5, 0.6) is 0 Å². The lowest BCUT2D eigenvalue weighted by atomic mass is 10.1. The molecule has 1 amide bonds. The quantitative estimate of drug-likeness (QED) is 0.738. The smallest absolute Gasteiger partial charge is 0.220 e. The van der Waals surface area contributed by atoms with E-state index in [0.29, 0.717) is 18.9 Å². The number of nitrogens with zero attached hydrogens (tertiary/aromatic N) is 1. The molecule has 0 unspecified atom stereocenters. The Morgan fingerprint density at radius 1 is 1.53 bits per heavy atom. The molecule has 1 aliphatic rings. The van der Waals surface area contributed by atoms with Crippen molar-refractivity contribution in [3.05, 3.63) is 23.1 Å². The minimum Gasteiger partial charge on any atom is -0.352 e. The lowest BCUT2D eigenvalue weighted by Crippen LogP contribution is -2.24. The summed E-state index contributed by atoms with van der Waals surface area (Å²) in [5.41, 5.74) is 1.09. The molecule has 0 radical (unpaired) electrons. The maximum atomic E-state index is 11.6. The second-order valence-corrected chi connectivity index (χ2v) is 5.13. The Morgan fingerprint density at radius 3 is 3.12 bits per heavy atom. The number of nitrogens with one attached hydrogen (secondary N) is 1. The first-order valence-electron chi connectivity index (χ1n) is 6.00. The lowest BCUT2D eigenvalue weighted by molar-refractivity contribution is -0.121. The summed E-state index contributed by atoms with van der Waals surface area (Å²) in [4.78, 5) is 11.6. The molecule has 17 heavy (non-hydrogen) atoms. The van der Waals surface area contributed by atoms with Gasteiger partial charge in [-0.2, -0.15) is 0 Å². The Balaban J connectivity index is 2.17. The van der Waals surface area contributed by atoms with Crippen LogP contribution in [0.4, 0.5) is 0 Å². The zero-order chi connectivity index (χ0) is 12.5. The number of amides is 1. The minimum absolute atomic E-state index is 0.134. The Hall–Kier alpha value is -1.03. The molecule has 4 heteroatoms. The number of hydrogen-bond donors (Lipinski definition) is 1. The predicted octanol–water partition coefficient (Wildman–Crippen LogP) is 3.10. The van der Waals surface area contributed by atoms with E-state index in [1.165, 1.54) is 11.9 Å². The van der Waals surface area contributed by atoms with Crippen LogP contribution in [0.1, 0.15) is 33.1 Å². The van der Waals surface area contributed by atoms with Crippen molar-refractivity contribution < 1.29 is 4.79 Å². The van der Waals surface area contributed by atoms with E-state index >= 15 is 0 Å². The van der Waals surface area contributed by atoms with Gasteiger partial charge in [0.15, 0.2) is 0 Å². The lowest BCUT2D eigenvalue weighted by Gasteiger charge is -2.06. The van der Waals surface area contributed by atoms with Crippen molar-refractivity contribution in [2.45, 2.75) is 33.1 Å². The Kier molecular flexibility index (Phi) is 6.70. The number of carbonyl (C=O) groups is 1. The molecule has 0 spiro atoms. The molecule has 0 saturated carbocycles. The number of rotatable bonds is 6. The van der Waals surface area contributed by atoms with E-state index in [0.717, 1.165) is 18.4 Å². The molecule has 0 atom stereocenters. The van der Waals surface area contributed by atoms with Crippen molar-refractivity contribution >= 4 is 24.1 Å². The van der Waals surface area contributed by atoms with Gasteiger partial charge in [-0.05, 0) is 29.4 Å². The van der Waals surface area contributed by atoms with Gasteiger partial charge in [0.2, 0.25) is 5.91 Å². The van der Waals surface area contributed by atoms with E-state index in [4.69, 9.17) is 0 Å². The molecular formula is C13H20N2OS. The summed E-state index contributed by atoms with van der Waals surface area (Å²) in [6.45, 7) is 4.94. The predicted molar refractivity (Wildman–Crippen MR) is 75.0 cm³/mol. The fraction of sp³-hybridized carbons (Fsp3) is 0.538. The molecule has 3 nitrogen and oxygen atoms in total. The second kappa shape index (κ2) is 8.12. The molecule has 1 heterocycles. The van der Waals surface area contributed by atoms with E-state index in [1.807, 2.05) is 17.6 Å². The van der Waals surface area contributed by atoms with Crippen molar-refractivity contribution in [2.24, 2.45) is 10.3 Å². The molecule has 0 fully saturated rings. The normalized spacial score (nSPS) is 14.6. The number of carbonyl (C=O) groups excluding carboxylic acids is 1. The van der Waals surface area contributed by atoms with Crippen LogP contribution in [0, 0.1) is 5.92 Å². The first-order chi connectivity index (χ1) is 8.18. The summed E-state index contributed by atoms with van der Waals surface area (Å²) in [6, 6.07) is 0. The van der Waals surface area contributed by atoms with E-state index in [9.17, 15) is 4.79 Å². The third kappa shape index (κ3) is 7.00. The molecule has 1 N–H and O–H groups in total. The zero-order valence-corrected chi connectivity index (χ0v) is 11.3. The summed E-state index contributed by atoms with van der Waals surface area (Å²) in [5, 5.41) is 4.88.